The van der Waals surface area contributed by atoms with Crippen LogP contribution in [0, 0.1) is 6.92 Å². The zero-order valence-electron chi connectivity index (χ0n) is 17.6. The van der Waals surface area contributed by atoms with Crippen molar-refractivity contribution in [3.05, 3.63) is 29.8 Å². The summed E-state index contributed by atoms with van der Waals surface area (Å²) in [6.07, 6.45) is 0.629. The minimum absolute atomic E-state index is 0.179. The Morgan fingerprint density at radius 1 is 0.923 bits per heavy atom. The first-order valence-corrected chi connectivity index (χ1v) is 13.2. The second-order valence-electron chi connectivity index (χ2n) is 8.02. The first-order valence-electron chi connectivity index (χ1n) is 9.65. The van der Waals surface area contributed by atoms with E-state index < -0.39 is 24.7 Å². The molecule has 150 valence electrons. The average Bonchev–Trinajstić information content (AvgIpc) is 2.51. The lowest BCUT2D eigenvalue weighted by Crippen LogP contribution is -2.51. The van der Waals surface area contributed by atoms with Crippen LogP contribution in [0.4, 0.5) is 0 Å². The van der Waals surface area contributed by atoms with Crippen molar-refractivity contribution in [2.75, 3.05) is 0 Å². The van der Waals surface area contributed by atoms with Gasteiger partial charge in [-0.25, -0.2) is 4.18 Å². The van der Waals surface area contributed by atoms with Crippen molar-refractivity contribution < 1.29 is 17.0 Å². The molecule has 0 aliphatic heterocycles. The first kappa shape index (κ1) is 23.3. The normalized spacial score (nSPS) is 14.4. The minimum Gasteiger partial charge on any atom is -0.391 e. The van der Waals surface area contributed by atoms with Crippen LogP contribution in [0.2, 0.25) is 16.6 Å². The lowest BCUT2D eigenvalue weighted by Gasteiger charge is -2.44. The van der Waals surface area contributed by atoms with Gasteiger partial charge < -0.3 is 4.43 Å². The third kappa shape index (κ3) is 5.41. The molecule has 0 aliphatic carbocycles. The van der Waals surface area contributed by atoms with Gasteiger partial charge >= 0.3 is 0 Å². The largest absolute Gasteiger partial charge is 0.391 e. The molecule has 0 spiro atoms. The van der Waals surface area contributed by atoms with Gasteiger partial charge in [0.25, 0.3) is 10.1 Å². The summed E-state index contributed by atoms with van der Waals surface area (Å²) in [6.45, 7) is 17.0. The second-order valence-corrected chi connectivity index (χ2v) is 15.0. The molecule has 1 aromatic carbocycles. The number of benzene rings is 1. The quantitative estimate of drug-likeness (QED) is 0.274. The third-order valence-electron chi connectivity index (χ3n) is 5.11. The number of aryl methyl sites for hydroxylation is 1. The molecular weight excluding hydrogens is 364 g/mol. The van der Waals surface area contributed by atoms with Gasteiger partial charge in [0, 0.05) is 0 Å². The molecule has 1 aromatic rings. The van der Waals surface area contributed by atoms with E-state index in [0.717, 1.165) is 12.0 Å². The molecule has 0 N–H and O–H groups in total. The van der Waals surface area contributed by atoms with Crippen molar-refractivity contribution in [3.8, 4) is 0 Å². The molecule has 0 saturated carbocycles. The number of rotatable bonds is 10. The topological polar surface area (TPSA) is 52.6 Å². The molecule has 0 saturated heterocycles. The van der Waals surface area contributed by atoms with Crippen molar-refractivity contribution in [2.45, 2.75) is 96.0 Å². The average molecular weight is 401 g/mol. The summed E-state index contributed by atoms with van der Waals surface area (Å²) in [4.78, 5) is 0.179. The van der Waals surface area contributed by atoms with Crippen molar-refractivity contribution in [3.63, 3.8) is 0 Å². The molecule has 1 rings (SSSR count). The van der Waals surface area contributed by atoms with Gasteiger partial charge in [-0.15, -0.1) is 0 Å². The molecule has 0 unspecified atom stereocenters. The Bertz CT molecular complexity index is 629. The Kier molecular flexibility index (Phi) is 8.52. The van der Waals surface area contributed by atoms with Crippen molar-refractivity contribution in [2.24, 2.45) is 0 Å². The van der Waals surface area contributed by atoms with Gasteiger partial charge in [0.2, 0.25) is 8.32 Å². The van der Waals surface area contributed by atoms with E-state index in [4.69, 9.17) is 8.61 Å². The standard InChI is InChI=1S/C20H36O4SSi/c1-9-10-20(24-26(15(2)3,16(4)5)17(6)7)23-25(21,22)19-13-11-18(8)12-14-19/h11-17,20H,9-10H2,1-8H3/t20-/m1/s1. The lowest BCUT2D eigenvalue weighted by molar-refractivity contribution is -0.00997. The molecule has 4 nitrogen and oxygen atoms in total. The van der Waals surface area contributed by atoms with E-state index in [0.29, 0.717) is 23.0 Å². The van der Waals surface area contributed by atoms with E-state index in [9.17, 15) is 8.42 Å². The van der Waals surface area contributed by atoms with Crippen molar-refractivity contribution in [1.82, 2.24) is 0 Å². The van der Waals surface area contributed by atoms with Gasteiger partial charge in [-0.2, -0.15) is 8.42 Å². The first-order chi connectivity index (χ1) is 12.0. The summed E-state index contributed by atoms with van der Waals surface area (Å²) in [7, 11) is -6.08. The molecule has 0 bridgehead atoms. The Balaban J connectivity index is 3.16. The molecule has 6 heteroatoms. The van der Waals surface area contributed by atoms with Crippen LogP contribution >= 0.6 is 0 Å². The van der Waals surface area contributed by atoms with Gasteiger partial charge in [0.05, 0.1) is 4.90 Å². The fraction of sp³-hybridized carbons (Fsp3) is 0.700. The van der Waals surface area contributed by atoms with Crippen molar-refractivity contribution >= 4 is 18.4 Å². The smallest absolute Gasteiger partial charge is 0.299 e. The van der Waals surface area contributed by atoms with Crippen LogP contribution in [-0.4, -0.2) is 23.0 Å². The summed E-state index contributed by atoms with van der Waals surface area (Å²) in [6, 6.07) is 6.74. The van der Waals surface area contributed by atoms with Crippen molar-refractivity contribution in [1.29, 1.82) is 0 Å². The fourth-order valence-corrected chi connectivity index (χ4v) is 10.4. The van der Waals surface area contributed by atoms with Crippen LogP contribution in [0.15, 0.2) is 29.2 Å². The van der Waals surface area contributed by atoms with Gasteiger partial charge in [-0.1, -0.05) is 72.6 Å². The van der Waals surface area contributed by atoms with Gasteiger partial charge in [-0.05, 0) is 42.1 Å². The monoisotopic (exact) mass is 400 g/mol. The number of hydrogen-bond donors (Lipinski definition) is 0. The van der Waals surface area contributed by atoms with Gasteiger partial charge in [0.15, 0.2) is 6.29 Å². The predicted octanol–water partition coefficient (Wildman–Crippen LogP) is 6.02. The van der Waals surface area contributed by atoms with E-state index >= 15 is 0 Å². The second kappa shape index (κ2) is 9.49. The Hall–Kier alpha value is -0.693. The Morgan fingerprint density at radius 3 is 1.77 bits per heavy atom. The summed E-state index contributed by atoms with van der Waals surface area (Å²) in [5, 5.41) is 0. The molecular formula is C20H36O4SSi. The molecule has 0 fully saturated rings. The highest BCUT2D eigenvalue weighted by Crippen LogP contribution is 2.43. The zero-order chi connectivity index (χ0) is 20.1. The highest BCUT2D eigenvalue weighted by Gasteiger charge is 2.47. The predicted molar refractivity (Wildman–Crippen MR) is 110 cm³/mol. The van der Waals surface area contributed by atoms with E-state index in [1.165, 1.54) is 0 Å². The SMILES string of the molecule is CCC[C@@H](O[Si](C(C)C)(C(C)C)C(C)C)OS(=O)(=O)c1ccc(C)cc1. The Morgan fingerprint density at radius 2 is 1.38 bits per heavy atom. The van der Waals surface area contributed by atoms with E-state index in [2.05, 4.69) is 41.5 Å². The minimum atomic E-state index is -3.85. The van der Waals surface area contributed by atoms with Crippen LogP contribution in [0.1, 0.15) is 66.9 Å². The zero-order valence-corrected chi connectivity index (χ0v) is 19.4. The van der Waals surface area contributed by atoms with E-state index in [-0.39, 0.29) is 4.90 Å². The van der Waals surface area contributed by atoms with Crippen LogP contribution in [0.5, 0.6) is 0 Å². The Labute approximate surface area is 161 Å². The van der Waals surface area contributed by atoms with Crippen LogP contribution in [-0.2, 0) is 18.7 Å². The molecule has 0 aromatic heterocycles. The van der Waals surface area contributed by atoms with E-state index in [1.807, 2.05) is 13.8 Å². The van der Waals surface area contributed by atoms with Crippen LogP contribution in [0.3, 0.4) is 0 Å². The molecule has 0 aliphatic rings. The summed E-state index contributed by atoms with van der Waals surface area (Å²) >= 11 is 0. The highest BCUT2D eigenvalue weighted by molar-refractivity contribution is 7.86. The highest BCUT2D eigenvalue weighted by atomic mass is 32.2. The van der Waals surface area contributed by atoms with Gasteiger partial charge in [-0.3, -0.25) is 0 Å². The van der Waals surface area contributed by atoms with Crippen LogP contribution in [0.25, 0.3) is 0 Å². The molecule has 0 amide bonds. The maximum atomic E-state index is 12.7. The summed E-state index contributed by atoms with van der Waals surface area (Å²) < 4.78 is 37.7. The summed E-state index contributed by atoms with van der Waals surface area (Å²) in [5.41, 5.74) is 2.11. The van der Waals surface area contributed by atoms with Crippen LogP contribution < -0.4 is 0 Å². The fourth-order valence-electron chi connectivity index (χ4n) is 3.90. The van der Waals surface area contributed by atoms with E-state index in [1.54, 1.807) is 24.3 Å². The molecule has 0 radical (unpaired) electrons. The number of hydrogen-bond acceptors (Lipinski definition) is 4. The third-order valence-corrected chi connectivity index (χ3v) is 12.5. The lowest BCUT2D eigenvalue weighted by atomic mass is 10.2. The molecule has 0 heterocycles. The summed E-state index contributed by atoms with van der Waals surface area (Å²) in [5.74, 6) is 0. The maximum absolute atomic E-state index is 12.7. The maximum Gasteiger partial charge on any atom is 0.299 e. The molecule has 1 atom stereocenters. The van der Waals surface area contributed by atoms with Gasteiger partial charge in [0.1, 0.15) is 0 Å². The molecule has 26 heavy (non-hydrogen) atoms.